The van der Waals surface area contributed by atoms with Crippen molar-refractivity contribution in [1.29, 1.82) is 0 Å². The third kappa shape index (κ3) is 7.23. The molecule has 5 N–H and O–H groups in total. The van der Waals surface area contributed by atoms with Crippen molar-refractivity contribution in [2.45, 2.75) is 18.9 Å². The summed E-state index contributed by atoms with van der Waals surface area (Å²) in [5.41, 5.74) is 5.26. The molecule has 1 atom stereocenters. The summed E-state index contributed by atoms with van der Waals surface area (Å²) in [7, 11) is 0. The van der Waals surface area contributed by atoms with E-state index in [1.165, 1.54) is 6.21 Å². The number of rotatable bonds is 7. The fourth-order valence-electron chi connectivity index (χ4n) is 0.778. The maximum atomic E-state index is 10.3. The Balaban J connectivity index is 3.20. The van der Waals surface area contributed by atoms with Crippen LogP contribution in [-0.2, 0) is 4.79 Å². The molecule has 0 aromatic heterocycles. The summed E-state index contributed by atoms with van der Waals surface area (Å²) in [6, 6.07) is -0.784. The van der Waals surface area contributed by atoms with Crippen molar-refractivity contribution in [3.05, 3.63) is 0 Å². The van der Waals surface area contributed by atoms with Gasteiger partial charge in [0.2, 0.25) is 0 Å². The first kappa shape index (κ1) is 11.9. The molecule has 0 fully saturated rings. The van der Waals surface area contributed by atoms with Gasteiger partial charge in [0.25, 0.3) is 0 Å². The number of oxime groups is 1. The van der Waals surface area contributed by atoms with Crippen molar-refractivity contribution in [2.24, 2.45) is 10.9 Å². The first-order chi connectivity index (χ1) is 6.18. The van der Waals surface area contributed by atoms with E-state index in [2.05, 4.69) is 10.5 Å². The molecule has 0 saturated carbocycles. The fraction of sp³-hybridized carbons (Fsp3) is 0.714. The highest BCUT2D eigenvalue weighted by molar-refractivity contribution is 5.72. The van der Waals surface area contributed by atoms with E-state index >= 15 is 0 Å². The van der Waals surface area contributed by atoms with Crippen molar-refractivity contribution in [2.75, 3.05) is 13.1 Å². The molecule has 0 aromatic carbocycles. The molecule has 0 aliphatic carbocycles. The molecule has 0 aliphatic heterocycles. The van der Waals surface area contributed by atoms with Crippen LogP contribution >= 0.6 is 0 Å². The molecule has 0 unspecified atom stereocenters. The molecular formula is C7H15N3O3. The highest BCUT2D eigenvalue weighted by Gasteiger charge is 2.09. The second-order valence-electron chi connectivity index (χ2n) is 2.59. The van der Waals surface area contributed by atoms with E-state index < -0.39 is 12.0 Å². The van der Waals surface area contributed by atoms with Crippen LogP contribution in [0.1, 0.15) is 12.8 Å². The smallest absolute Gasteiger partial charge is 0.320 e. The van der Waals surface area contributed by atoms with E-state index in [1.54, 1.807) is 0 Å². The van der Waals surface area contributed by atoms with Crippen LogP contribution in [0.2, 0.25) is 0 Å². The zero-order valence-corrected chi connectivity index (χ0v) is 7.31. The molecule has 0 aromatic rings. The number of nitrogens with zero attached hydrogens (tertiary/aromatic N) is 1. The highest BCUT2D eigenvalue weighted by Crippen LogP contribution is 1.92. The number of carboxylic acid groups (broad SMARTS) is 1. The molecule has 0 saturated heterocycles. The van der Waals surface area contributed by atoms with Crippen LogP contribution in [0.15, 0.2) is 5.16 Å². The lowest BCUT2D eigenvalue weighted by atomic mass is 10.2. The summed E-state index contributed by atoms with van der Waals surface area (Å²) in [5.74, 6) is -0.975. The van der Waals surface area contributed by atoms with Gasteiger partial charge in [0.1, 0.15) is 6.04 Å². The lowest BCUT2D eigenvalue weighted by Crippen LogP contribution is -2.31. The number of aliphatic carboxylic acids is 1. The number of carboxylic acids is 1. The highest BCUT2D eigenvalue weighted by atomic mass is 16.4. The number of carbonyl (C=O) groups is 1. The van der Waals surface area contributed by atoms with Gasteiger partial charge in [-0.1, -0.05) is 0 Å². The van der Waals surface area contributed by atoms with Crippen molar-refractivity contribution >= 4 is 12.2 Å². The van der Waals surface area contributed by atoms with Crippen molar-refractivity contribution in [1.82, 2.24) is 5.32 Å². The van der Waals surface area contributed by atoms with Gasteiger partial charge in [0.15, 0.2) is 0 Å². The Morgan fingerprint density at radius 3 is 2.92 bits per heavy atom. The van der Waals surface area contributed by atoms with Gasteiger partial charge < -0.3 is 21.4 Å². The first-order valence-corrected chi connectivity index (χ1v) is 4.03. The molecule has 0 spiro atoms. The molecular weight excluding hydrogens is 174 g/mol. The zero-order valence-electron chi connectivity index (χ0n) is 7.31. The third-order valence-corrected chi connectivity index (χ3v) is 1.50. The first-order valence-electron chi connectivity index (χ1n) is 4.03. The second kappa shape index (κ2) is 7.51. The second-order valence-corrected chi connectivity index (χ2v) is 2.59. The molecule has 76 valence electrons. The van der Waals surface area contributed by atoms with Crippen LogP contribution in [0.25, 0.3) is 0 Å². The standard InChI is InChI=1S/C7H15N3O3/c8-6(7(11)12)2-1-3-9-4-5-10-13/h5-6,9,13H,1-4,8H2,(H,11,12)/b10-5+/t6-/m0/s1. The van der Waals surface area contributed by atoms with Crippen LogP contribution in [0.4, 0.5) is 0 Å². The predicted molar refractivity (Wildman–Crippen MR) is 48.0 cm³/mol. The van der Waals surface area contributed by atoms with Gasteiger partial charge in [-0.3, -0.25) is 4.79 Å². The van der Waals surface area contributed by atoms with Crippen molar-refractivity contribution in [3.63, 3.8) is 0 Å². The van der Waals surface area contributed by atoms with Crippen molar-refractivity contribution < 1.29 is 15.1 Å². The molecule has 13 heavy (non-hydrogen) atoms. The quantitative estimate of drug-likeness (QED) is 0.182. The van der Waals surface area contributed by atoms with E-state index in [4.69, 9.17) is 16.0 Å². The summed E-state index contributed by atoms with van der Waals surface area (Å²) in [4.78, 5) is 10.3. The molecule has 6 heteroatoms. The van der Waals surface area contributed by atoms with E-state index in [0.717, 1.165) is 0 Å². The number of nitrogens with two attached hydrogens (primary N) is 1. The van der Waals surface area contributed by atoms with Crippen LogP contribution < -0.4 is 11.1 Å². The van der Waals surface area contributed by atoms with Crippen LogP contribution in [0.3, 0.4) is 0 Å². The Kier molecular flexibility index (Phi) is 6.85. The summed E-state index contributed by atoms with van der Waals surface area (Å²) < 4.78 is 0. The number of nitrogens with one attached hydrogen (secondary N) is 1. The molecule has 0 amide bonds. The van der Waals surface area contributed by atoms with Crippen molar-refractivity contribution in [3.8, 4) is 0 Å². The van der Waals surface area contributed by atoms with E-state index in [-0.39, 0.29) is 0 Å². The molecule has 6 nitrogen and oxygen atoms in total. The van der Waals surface area contributed by atoms with Gasteiger partial charge in [0, 0.05) is 6.54 Å². The van der Waals surface area contributed by atoms with Crippen LogP contribution in [0, 0.1) is 0 Å². The SMILES string of the molecule is N[C@@H](CCCNC/C=N/O)C(=O)O. The van der Waals surface area contributed by atoms with Gasteiger partial charge >= 0.3 is 5.97 Å². The average Bonchev–Trinajstić information content (AvgIpc) is 2.10. The number of hydrogen-bond acceptors (Lipinski definition) is 5. The molecule has 0 bridgehead atoms. The van der Waals surface area contributed by atoms with E-state index in [1.807, 2.05) is 0 Å². The van der Waals surface area contributed by atoms with Gasteiger partial charge in [-0.2, -0.15) is 0 Å². The maximum absolute atomic E-state index is 10.3. The Morgan fingerprint density at radius 2 is 2.38 bits per heavy atom. The largest absolute Gasteiger partial charge is 0.480 e. The number of hydrogen-bond donors (Lipinski definition) is 4. The molecule has 0 heterocycles. The minimum Gasteiger partial charge on any atom is -0.480 e. The third-order valence-electron chi connectivity index (χ3n) is 1.50. The Hall–Kier alpha value is -1.14. The fourth-order valence-corrected chi connectivity index (χ4v) is 0.778. The molecule has 0 rings (SSSR count). The topological polar surface area (TPSA) is 108 Å². The van der Waals surface area contributed by atoms with Gasteiger partial charge in [-0.05, 0) is 19.4 Å². The zero-order chi connectivity index (χ0) is 10.1. The van der Waals surface area contributed by atoms with Gasteiger partial charge in [0.05, 0.1) is 6.21 Å². The normalized spacial score (nSPS) is 13.3. The Morgan fingerprint density at radius 1 is 1.69 bits per heavy atom. The minimum atomic E-state index is -0.975. The van der Waals surface area contributed by atoms with Crippen LogP contribution in [0.5, 0.6) is 0 Å². The molecule has 0 aliphatic rings. The molecule has 0 radical (unpaired) electrons. The monoisotopic (exact) mass is 189 g/mol. The predicted octanol–water partition coefficient (Wildman–Crippen LogP) is -0.772. The lowest BCUT2D eigenvalue weighted by Gasteiger charge is -2.05. The van der Waals surface area contributed by atoms with Crippen LogP contribution in [-0.4, -0.2) is 41.6 Å². The van der Waals surface area contributed by atoms with Gasteiger partial charge in [-0.15, -0.1) is 5.16 Å². The lowest BCUT2D eigenvalue weighted by molar-refractivity contribution is -0.138. The van der Waals surface area contributed by atoms with E-state index in [0.29, 0.717) is 25.9 Å². The summed E-state index contributed by atoms with van der Waals surface area (Å²) in [6.45, 7) is 1.13. The Bertz CT molecular complexity index is 172. The average molecular weight is 189 g/mol. The minimum absolute atomic E-state index is 0.443. The summed E-state index contributed by atoms with van der Waals surface area (Å²) >= 11 is 0. The van der Waals surface area contributed by atoms with Gasteiger partial charge in [-0.25, -0.2) is 0 Å². The summed E-state index contributed by atoms with van der Waals surface area (Å²) in [6.07, 6.45) is 2.45. The van der Waals surface area contributed by atoms with E-state index in [9.17, 15) is 4.79 Å². The maximum Gasteiger partial charge on any atom is 0.320 e. The summed E-state index contributed by atoms with van der Waals surface area (Å²) in [5, 5.41) is 22.2. The Labute approximate surface area is 76.4 Å².